The van der Waals surface area contributed by atoms with Crippen LogP contribution in [0, 0.1) is 17.8 Å². The number of para-hydroxylation sites is 1. The Hall–Kier alpha value is -3.78. The van der Waals surface area contributed by atoms with E-state index in [2.05, 4.69) is 119 Å². The van der Waals surface area contributed by atoms with Gasteiger partial charge in [-0.25, -0.2) is 0 Å². The lowest BCUT2D eigenvalue weighted by molar-refractivity contribution is 0.198. The Balaban J connectivity index is 0.943. The van der Waals surface area contributed by atoms with Crippen LogP contribution >= 0.6 is 0 Å². The van der Waals surface area contributed by atoms with Crippen LogP contribution in [-0.4, -0.2) is 23.0 Å². The quantitative estimate of drug-likeness (QED) is 0.329. The van der Waals surface area contributed by atoms with Crippen molar-refractivity contribution in [1.29, 1.82) is 0 Å². The molecule has 8 aliphatic rings. The summed E-state index contributed by atoms with van der Waals surface area (Å²) < 4.78 is 0. The van der Waals surface area contributed by atoms with Crippen LogP contribution in [0.1, 0.15) is 64.2 Å². The summed E-state index contributed by atoms with van der Waals surface area (Å²) >= 11 is 0. The van der Waals surface area contributed by atoms with Crippen molar-refractivity contribution < 1.29 is 0 Å². The second-order valence-corrected chi connectivity index (χ2v) is 14.0. The highest BCUT2D eigenvalue weighted by molar-refractivity contribution is 5.69. The van der Waals surface area contributed by atoms with Crippen molar-refractivity contribution in [3.05, 3.63) is 149 Å². The molecule has 2 nitrogen and oxygen atoms in total. The molecule has 0 bridgehead atoms. The first-order valence-electron chi connectivity index (χ1n) is 17.4. The molecule has 1 aromatic rings. The van der Waals surface area contributed by atoms with E-state index in [4.69, 9.17) is 0 Å². The number of rotatable bonds is 4. The van der Waals surface area contributed by atoms with Gasteiger partial charge in [0.1, 0.15) is 0 Å². The number of hydrogen-bond acceptors (Lipinski definition) is 2. The molecule has 0 aromatic heterocycles. The lowest BCUT2D eigenvalue weighted by Gasteiger charge is -2.39. The van der Waals surface area contributed by atoms with Crippen LogP contribution in [0.5, 0.6) is 0 Å². The molecule has 0 amide bonds. The molecule has 2 heterocycles. The van der Waals surface area contributed by atoms with Crippen molar-refractivity contribution in [1.82, 2.24) is 4.90 Å². The molecule has 0 spiro atoms. The van der Waals surface area contributed by atoms with E-state index in [9.17, 15) is 0 Å². The summed E-state index contributed by atoms with van der Waals surface area (Å²) in [5.74, 6) is 1.52. The van der Waals surface area contributed by atoms with Crippen molar-refractivity contribution in [2.24, 2.45) is 17.8 Å². The minimum atomic E-state index is 0.483. The van der Waals surface area contributed by atoms with Gasteiger partial charge in [0.05, 0.1) is 12.1 Å². The van der Waals surface area contributed by atoms with Crippen LogP contribution < -0.4 is 4.90 Å². The van der Waals surface area contributed by atoms with Crippen LogP contribution in [-0.2, 0) is 0 Å². The number of anilines is 1. The number of allylic oxidation sites excluding steroid dienone is 13. The Labute approximate surface area is 263 Å². The zero-order valence-corrected chi connectivity index (χ0v) is 25.8. The maximum atomic E-state index is 2.83. The summed E-state index contributed by atoms with van der Waals surface area (Å²) in [6, 6.07) is 12.7. The Kier molecular flexibility index (Phi) is 6.64. The molecule has 44 heavy (non-hydrogen) atoms. The summed E-state index contributed by atoms with van der Waals surface area (Å²) in [6.45, 7) is 0. The summed E-state index contributed by atoms with van der Waals surface area (Å²) in [5, 5.41) is 0. The van der Waals surface area contributed by atoms with Gasteiger partial charge in [-0.2, -0.15) is 0 Å². The third-order valence-electron chi connectivity index (χ3n) is 11.6. The van der Waals surface area contributed by atoms with Gasteiger partial charge in [-0.05, 0) is 110 Å². The molecule has 0 saturated carbocycles. The fourth-order valence-corrected chi connectivity index (χ4v) is 9.54. The maximum absolute atomic E-state index is 2.83. The Morgan fingerprint density at radius 2 is 1.57 bits per heavy atom. The van der Waals surface area contributed by atoms with Gasteiger partial charge in [0.15, 0.2) is 0 Å². The minimum Gasteiger partial charge on any atom is -0.364 e. The largest absolute Gasteiger partial charge is 0.364 e. The lowest BCUT2D eigenvalue weighted by atomic mass is 9.76. The molecule has 9 rings (SSSR count). The molecule has 2 aliphatic heterocycles. The molecule has 6 unspecified atom stereocenters. The molecule has 0 radical (unpaired) electrons. The summed E-state index contributed by atoms with van der Waals surface area (Å²) in [5.41, 5.74) is 12.3. The summed E-state index contributed by atoms with van der Waals surface area (Å²) in [4.78, 5) is 5.46. The maximum Gasteiger partial charge on any atom is 0.0592 e. The Morgan fingerprint density at radius 3 is 2.43 bits per heavy atom. The number of fused-ring (bicyclic) bond motifs is 4. The van der Waals surface area contributed by atoms with Crippen molar-refractivity contribution in [3.63, 3.8) is 0 Å². The van der Waals surface area contributed by atoms with Gasteiger partial charge < -0.3 is 9.80 Å². The van der Waals surface area contributed by atoms with E-state index in [1.165, 1.54) is 73.9 Å². The zero-order chi connectivity index (χ0) is 29.0. The van der Waals surface area contributed by atoms with Gasteiger partial charge >= 0.3 is 0 Å². The Morgan fingerprint density at radius 1 is 0.682 bits per heavy atom. The number of hydrogen-bond donors (Lipinski definition) is 0. The molecule has 2 heteroatoms. The van der Waals surface area contributed by atoms with Crippen molar-refractivity contribution in [3.8, 4) is 0 Å². The van der Waals surface area contributed by atoms with Crippen LogP contribution in [0.4, 0.5) is 5.69 Å². The number of benzene rings is 1. The second kappa shape index (κ2) is 11.0. The van der Waals surface area contributed by atoms with Gasteiger partial charge in [0.25, 0.3) is 0 Å². The van der Waals surface area contributed by atoms with Crippen molar-refractivity contribution in [2.45, 2.75) is 82.3 Å². The van der Waals surface area contributed by atoms with E-state index in [-0.39, 0.29) is 0 Å². The van der Waals surface area contributed by atoms with E-state index < -0.39 is 0 Å². The molecule has 1 aromatic carbocycles. The van der Waals surface area contributed by atoms with E-state index in [0.29, 0.717) is 35.9 Å². The molecular formula is C42H44N2. The van der Waals surface area contributed by atoms with Gasteiger partial charge in [-0.3, -0.25) is 0 Å². The third-order valence-corrected chi connectivity index (χ3v) is 11.6. The van der Waals surface area contributed by atoms with Gasteiger partial charge in [-0.1, -0.05) is 91.1 Å². The molecule has 6 atom stereocenters. The van der Waals surface area contributed by atoms with Gasteiger partial charge in [-0.15, -0.1) is 0 Å². The van der Waals surface area contributed by atoms with E-state index in [0.717, 1.165) is 12.8 Å². The van der Waals surface area contributed by atoms with Gasteiger partial charge in [0, 0.05) is 40.9 Å². The molecular weight excluding hydrogens is 532 g/mol. The first-order valence-corrected chi connectivity index (χ1v) is 17.4. The zero-order valence-electron chi connectivity index (χ0n) is 25.8. The monoisotopic (exact) mass is 576 g/mol. The molecule has 6 aliphatic carbocycles. The van der Waals surface area contributed by atoms with E-state index in [1.54, 1.807) is 22.4 Å². The second-order valence-electron chi connectivity index (χ2n) is 14.0. The highest BCUT2D eigenvalue weighted by Crippen LogP contribution is 2.49. The fraction of sp³-hybridized carbons (Fsp3) is 0.381. The van der Waals surface area contributed by atoms with E-state index in [1.807, 2.05) is 0 Å². The standard InChI is InChI=1S/C42H44N2/c1-3-11-33(12-4-1)43-39-17-9-7-15-35(39)37-27-31(23-25-41(37)43)29-19-21-30(22-20-29)32-24-26-42-38(28-32)36-16-8-10-18-40(36)44(42)34-13-5-2-6-14-34/h1-5,8-9,11-12,16-17,19-21,24,26-28,30-31,34,38,41-42H,6-7,10,13-15,18,22-23,25H2. The smallest absolute Gasteiger partial charge is 0.0592 e. The summed E-state index contributed by atoms with van der Waals surface area (Å²) in [6.07, 6.45) is 44.4. The van der Waals surface area contributed by atoms with E-state index >= 15 is 0 Å². The average Bonchev–Trinajstić information content (AvgIpc) is 3.61. The Bertz CT molecular complexity index is 1650. The van der Waals surface area contributed by atoms with Crippen molar-refractivity contribution >= 4 is 5.69 Å². The van der Waals surface area contributed by atoms with Gasteiger partial charge in [0.2, 0.25) is 0 Å². The predicted octanol–water partition coefficient (Wildman–Crippen LogP) is 9.83. The van der Waals surface area contributed by atoms with Crippen LogP contribution in [0.15, 0.2) is 149 Å². The van der Waals surface area contributed by atoms with Crippen molar-refractivity contribution in [2.75, 3.05) is 4.90 Å². The normalized spacial score (nSPS) is 33.6. The molecule has 222 valence electrons. The predicted molar refractivity (Wildman–Crippen MR) is 183 cm³/mol. The molecule has 0 N–H and O–H groups in total. The highest BCUT2D eigenvalue weighted by atomic mass is 15.2. The molecule has 0 saturated heterocycles. The first kappa shape index (κ1) is 26.6. The molecule has 0 fully saturated rings. The minimum absolute atomic E-state index is 0.483. The third kappa shape index (κ3) is 4.36. The van der Waals surface area contributed by atoms with Crippen LogP contribution in [0.3, 0.4) is 0 Å². The average molecular weight is 577 g/mol. The summed E-state index contributed by atoms with van der Waals surface area (Å²) in [7, 11) is 0. The van der Waals surface area contributed by atoms with Crippen LogP contribution in [0.2, 0.25) is 0 Å². The SMILES string of the molecule is C1=CC2=C(CC1)C1=CC(C3=CCC(C4=CC5C6=C(CCC=C6)N(C6CC=CCC6)C5C=C4)C=C3)CCC1N2c1ccccc1. The highest BCUT2D eigenvalue weighted by Gasteiger charge is 2.43. The lowest BCUT2D eigenvalue weighted by Crippen LogP contribution is -2.41. The van der Waals surface area contributed by atoms with Crippen LogP contribution in [0.25, 0.3) is 0 Å². The topological polar surface area (TPSA) is 6.48 Å². The number of nitrogens with zero attached hydrogens (tertiary/aromatic N) is 2. The first-order chi connectivity index (χ1) is 21.8. The fourth-order valence-electron chi connectivity index (χ4n) is 9.54.